The molecule has 1 amide bonds. The van der Waals surface area contributed by atoms with Crippen LogP contribution in [0.3, 0.4) is 0 Å². The van der Waals surface area contributed by atoms with Crippen molar-refractivity contribution in [2.75, 3.05) is 0 Å². The van der Waals surface area contributed by atoms with Gasteiger partial charge in [0.2, 0.25) is 0 Å². The van der Waals surface area contributed by atoms with Gasteiger partial charge in [0.1, 0.15) is 5.76 Å². The number of amides is 1. The first-order valence-electron chi connectivity index (χ1n) is 9.69. The number of nitrogens with zero attached hydrogens (tertiary/aromatic N) is 2. The Balaban J connectivity index is 1.63. The highest BCUT2D eigenvalue weighted by Crippen LogP contribution is 2.22. The number of pyridine rings is 1. The lowest BCUT2D eigenvalue weighted by molar-refractivity contribution is -0.378. The first-order valence-corrected chi connectivity index (χ1v) is 10.7. The number of carbonyl (C=O) groups is 1. The molecule has 4 rings (SSSR count). The molecule has 0 aliphatic carbocycles. The molecular weight excluding hydrogens is 412 g/mol. The zero-order valence-corrected chi connectivity index (χ0v) is 17.5. The van der Waals surface area contributed by atoms with Crippen LogP contribution in [0, 0.1) is 0 Å². The predicted molar refractivity (Wildman–Crippen MR) is 119 cm³/mol. The number of aromatic amines is 1. The molecule has 1 aromatic carbocycles. The number of hydrogen-bond donors (Lipinski definition) is 1. The minimum atomic E-state index is -0.260. The van der Waals surface area contributed by atoms with Gasteiger partial charge in [-0.3, -0.25) is 14.2 Å². The largest absolute Gasteiger partial charge is 0.467 e. The van der Waals surface area contributed by atoms with E-state index in [-0.39, 0.29) is 18.0 Å². The fourth-order valence-electron chi connectivity index (χ4n) is 3.09. The van der Waals surface area contributed by atoms with Crippen molar-refractivity contribution in [2.45, 2.75) is 24.0 Å². The number of aromatic nitrogens is 3. The summed E-state index contributed by atoms with van der Waals surface area (Å²) in [5.41, 5.74) is 1.84. The van der Waals surface area contributed by atoms with Crippen molar-refractivity contribution in [3.05, 3.63) is 101 Å². The summed E-state index contributed by atoms with van der Waals surface area (Å²) in [4.78, 5) is 33.3. The van der Waals surface area contributed by atoms with E-state index in [0.717, 1.165) is 5.56 Å². The number of allylic oxidation sites excluding steroid dienone is 1. The second-order valence-corrected chi connectivity index (χ2v) is 7.74. The third-order valence-electron chi connectivity index (χ3n) is 4.64. The summed E-state index contributed by atoms with van der Waals surface area (Å²) in [6.45, 7) is 4.40. The van der Waals surface area contributed by atoms with Crippen LogP contribution in [0.15, 0.2) is 88.1 Å². The lowest BCUT2D eigenvalue weighted by Gasteiger charge is -2.12. The summed E-state index contributed by atoms with van der Waals surface area (Å²) in [5.74, 6) is 1.05. The van der Waals surface area contributed by atoms with Crippen LogP contribution >= 0.6 is 11.8 Å². The van der Waals surface area contributed by atoms with Gasteiger partial charge in [-0.15, -0.1) is 6.58 Å². The zero-order chi connectivity index (χ0) is 21.6. The number of benzene rings is 1. The van der Waals surface area contributed by atoms with E-state index in [0.29, 0.717) is 39.7 Å². The van der Waals surface area contributed by atoms with E-state index in [2.05, 4.69) is 16.9 Å². The Labute approximate surface area is 182 Å². The van der Waals surface area contributed by atoms with Crippen molar-refractivity contribution in [1.29, 1.82) is 0 Å². The summed E-state index contributed by atoms with van der Waals surface area (Å²) in [6, 6.07) is 12.4. The van der Waals surface area contributed by atoms with Gasteiger partial charge in [0.05, 0.1) is 23.7 Å². The van der Waals surface area contributed by atoms with Gasteiger partial charge in [0, 0.05) is 29.5 Å². The Morgan fingerprint density at radius 1 is 1.29 bits per heavy atom. The second kappa shape index (κ2) is 9.44. The Morgan fingerprint density at radius 2 is 2.19 bits per heavy atom. The predicted octanol–water partition coefficient (Wildman–Crippen LogP) is 3.21. The Kier molecular flexibility index (Phi) is 6.28. The van der Waals surface area contributed by atoms with Gasteiger partial charge in [-0.1, -0.05) is 17.8 Å². The first kappa shape index (κ1) is 20.6. The number of fused-ring (bicyclic) bond motifs is 1. The van der Waals surface area contributed by atoms with Crippen molar-refractivity contribution in [2.24, 2.45) is 0 Å². The molecule has 2 N–H and O–H groups in total. The third-order valence-corrected chi connectivity index (χ3v) is 5.68. The van der Waals surface area contributed by atoms with E-state index in [9.17, 15) is 9.59 Å². The summed E-state index contributed by atoms with van der Waals surface area (Å²) in [5, 5.41) is 3.85. The molecule has 0 spiro atoms. The van der Waals surface area contributed by atoms with Gasteiger partial charge in [-0.05, 0) is 36.4 Å². The van der Waals surface area contributed by atoms with Crippen LogP contribution in [0.5, 0.6) is 0 Å². The number of carbonyl (C=O) groups excluding carboxylic acids is 1. The molecule has 0 radical (unpaired) electrons. The molecule has 0 atom stereocenters. The van der Waals surface area contributed by atoms with E-state index in [4.69, 9.17) is 9.40 Å². The maximum atomic E-state index is 13.1. The van der Waals surface area contributed by atoms with Crippen LogP contribution in [0.1, 0.15) is 21.7 Å². The number of furan rings is 1. The van der Waals surface area contributed by atoms with E-state index < -0.39 is 0 Å². The maximum Gasteiger partial charge on any atom is 0.262 e. The molecule has 7 nitrogen and oxygen atoms in total. The van der Waals surface area contributed by atoms with Crippen molar-refractivity contribution >= 4 is 28.6 Å². The smallest absolute Gasteiger partial charge is 0.262 e. The van der Waals surface area contributed by atoms with E-state index in [1.165, 1.54) is 11.8 Å². The first-order chi connectivity index (χ1) is 15.2. The number of hydrogen-bond acceptors (Lipinski definition) is 5. The molecule has 0 bridgehead atoms. The molecule has 31 heavy (non-hydrogen) atoms. The fraction of sp³-hybridized carbons (Fsp3) is 0.130. The molecule has 4 aromatic rings. The van der Waals surface area contributed by atoms with Crippen LogP contribution in [0.25, 0.3) is 10.9 Å². The molecular formula is C23H21N4O3S+. The van der Waals surface area contributed by atoms with Crippen molar-refractivity contribution in [3.63, 3.8) is 0 Å². The topological polar surface area (TPSA) is 91.3 Å². The Morgan fingerprint density at radius 3 is 2.94 bits per heavy atom. The minimum Gasteiger partial charge on any atom is -0.467 e. The van der Waals surface area contributed by atoms with Crippen LogP contribution in [0.4, 0.5) is 0 Å². The highest BCUT2D eigenvalue weighted by molar-refractivity contribution is 7.98. The zero-order valence-electron chi connectivity index (χ0n) is 16.7. The number of nitrogens with one attached hydrogen (secondary N) is 2. The number of thioether (sulfide) groups is 1. The highest BCUT2D eigenvalue weighted by Gasteiger charge is 2.14. The van der Waals surface area contributed by atoms with E-state index >= 15 is 0 Å². The number of H-pyrrole nitrogens is 1. The van der Waals surface area contributed by atoms with Gasteiger partial charge in [-0.25, -0.2) is 9.97 Å². The van der Waals surface area contributed by atoms with E-state index in [1.807, 2.05) is 24.5 Å². The molecule has 156 valence electrons. The average molecular weight is 434 g/mol. The monoisotopic (exact) mass is 433 g/mol. The van der Waals surface area contributed by atoms with Gasteiger partial charge in [0.15, 0.2) is 17.6 Å². The third kappa shape index (κ3) is 4.75. The SMILES string of the molecule is C=CCn1c(SCc2ccc[nH+]c2)nc2cc(C(=O)NCc3ccco3)ccc2c1=O. The summed E-state index contributed by atoms with van der Waals surface area (Å²) < 4.78 is 6.84. The van der Waals surface area contributed by atoms with Gasteiger partial charge in [0.25, 0.3) is 11.5 Å². The second-order valence-electron chi connectivity index (χ2n) is 6.79. The molecule has 0 fully saturated rings. The van der Waals surface area contributed by atoms with Gasteiger partial charge in [-0.2, -0.15) is 0 Å². The van der Waals surface area contributed by atoms with Gasteiger partial charge >= 0.3 is 0 Å². The van der Waals surface area contributed by atoms with E-state index in [1.54, 1.807) is 47.2 Å². The maximum absolute atomic E-state index is 13.1. The van der Waals surface area contributed by atoms with Crippen LogP contribution in [-0.4, -0.2) is 15.5 Å². The summed E-state index contributed by atoms with van der Waals surface area (Å²) in [6.07, 6.45) is 6.98. The molecule has 0 unspecified atom stereocenters. The highest BCUT2D eigenvalue weighted by atomic mass is 32.2. The lowest BCUT2D eigenvalue weighted by Crippen LogP contribution is -2.24. The number of rotatable bonds is 8. The fourth-order valence-corrected chi connectivity index (χ4v) is 4.04. The Bertz CT molecular complexity index is 1270. The molecule has 0 saturated heterocycles. The van der Waals surface area contributed by atoms with Crippen LogP contribution < -0.4 is 15.9 Å². The molecule has 8 heteroatoms. The van der Waals surface area contributed by atoms with Crippen molar-refractivity contribution in [1.82, 2.24) is 14.9 Å². The summed E-state index contributed by atoms with van der Waals surface area (Å²) >= 11 is 1.46. The molecule has 3 heterocycles. The lowest BCUT2D eigenvalue weighted by atomic mass is 10.1. The van der Waals surface area contributed by atoms with Crippen molar-refractivity contribution < 1.29 is 14.2 Å². The van der Waals surface area contributed by atoms with Crippen LogP contribution in [0.2, 0.25) is 0 Å². The average Bonchev–Trinajstić information content (AvgIpc) is 3.32. The standard InChI is InChI=1S/C23H20N4O3S/c1-2-10-27-22(29)19-8-7-17(21(28)25-14-18-6-4-11-30-18)12-20(19)26-23(27)31-15-16-5-3-9-24-13-16/h2-9,11-13H,1,10,14-15H2,(H,25,28)/p+1. The quantitative estimate of drug-likeness (QED) is 0.262. The minimum absolute atomic E-state index is 0.158. The molecule has 3 aromatic heterocycles. The van der Waals surface area contributed by atoms with Gasteiger partial charge < -0.3 is 9.73 Å². The molecule has 0 aliphatic rings. The van der Waals surface area contributed by atoms with Crippen molar-refractivity contribution in [3.8, 4) is 0 Å². The molecule has 0 saturated carbocycles. The van der Waals surface area contributed by atoms with Crippen LogP contribution in [-0.2, 0) is 18.8 Å². The summed E-state index contributed by atoms with van der Waals surface area (Å²) in [7, 11) is 0. The Hall–Kier alpha value is -3.65. The molecule has 0 aliphatic heterocycles. The normalized spacial score (nSPS) is 10.8.